The smallest absolute Gasteiger partial charge is 0.298 e. The summed E-state index contributed by atoms with van der Waals surface area (Å²) < 4.78 is 0. The molecule has 0 aromatic heterocycles. The van der Waals surface area contributed by atoms with Crippen LogP contribution < -0.4 is 5.32 Å². The second-order valence-corrected chi connectivity index (χ2v) is 1.69. The van der Waals surface area contributed by atoms with E-state index in [1.54, 1.807) is 12.3 Å². The molecule has 0 aromatic carbocycles. The van der Waals surface area contributed by atoms with Crippen LogP contribution in [-0.2, 0) is 9.59 Å². The third-order valence-electron chi connectivity index (χ3n) is 0.994. The molecule has 9 heavy (non-hydrogen) atoms. The third kappa shape index (κ3) is 1.33. The van der Waals surface area contributed by atoms with Crippen molar-refractivity contribution in [1.29, 1.82) is 0 Å². The van der Waals surface area contributed by atoms with E-state index < -0.39 is 0 Å². The number of nitrogens with two attached hydrogens (primary N) is 1. The van der Waals surface area contributed by atoms with Gasteiger partial charge in [-0.25, -0.2) is 4.79 Å². The van der Waals surface area contributed by atoms with E-state index in [9.17, 15) is 9.59 Å². The highest BCUT2D eigenvalue weighted by molar-refractivity contribution is 5.91. The molecule has 0 saturated heterocycles. The Morgan fingerprint density at radius 1 is 1.56 bits per heavy atom. The van der Waals surface area contributed by atoms with Crippen molar-refractivity contribution in [2.24, 2.45) is 0 Å². The first-order valence-corrected chi connectivity index (χ1v) is 2.55. The van der Waals surface area contributed by atoms with Gasteiger partial charge in [-0.1, -0.05) is 0 Å². The maximum absolute atomic E-state index is 10.5. The molecule has 3 nitrogen and oxygen atoms in total. The van der Waals surface area contributed by atoms with E-state index in [0.717, 1.165) is 0 Å². The second-order valence-electron chi connectivity index (χ2n) is 1.69. The van der Waals surface area contributed by atoms with Crippen molar-refractivity contribution in [2.75, 3.05) is 0 Å². The molecule has 1 rings (SSSR count). The molecule has 1 aliphatic rings. The van der Waals surface area contributed by atoms with Crippen molar-refractivity contribution in [3.05, 3.63) is 23.9 Å². The Labute approximate surface area is 52.1 Å². The number of amides is 1. The van der Waals surface area contributed by atoms with E-state index in [2.05, 4.69) is 0 Å². The van der Waals surface area contributed by atoms with Crippen LogP contribution in [0.3, 0.4) is 0 Å². The minimum absolute atomic E-state index is 0.125. The minimum Gasteiger partial charge on any atom is -0.298 e. The highest BCUT2D eigenvalue weighted by atomic mass is 16.1. The highest BCUT2D eigenvalue weighted by Crippen LogP contribution is 1.90. The third-order valence-corrected chi connectivity index (χ3v) is 0.994. The second kappa shape index (κ2) is 2.37. The predicted octanol–water partition coefficient (Wildman–Crippen LogP) is -1.27. The van der Waals surface area contributed by atoms with Gasteiger partial charge in [-0.05, 0) is 0 Å². The standard InChI is InChI=1S/C6H5NO2/c8-4-5-1-2-7-6(9)3-5/h1-4H,(H,7,9)/p+1. The molecular weight excluding hydrogens is 118 g/mol. The number of rotatable bonds is 1. The SMILES string of the molecule is O=CC1=CC(=O)[NH2+]C=C1. The van der Waals surface area contributed by atoms with Crippen LogP contribution in [0.25, 0.3) is 0 Å². The lowest BCUT2D eigenvalue weighted by molar-refractivity contribution is -0.495. The van der Waals surface area contributed by atoms with E-state index in [0.29, 0.717) is 11.9 Å². The van der Waals surface area contributed by atoms with Crippen LogP contribution in [0.1, 0.15) is 0 Å². The molecular formula is C6H6NO2+. The van der Waals surface area contributed by atoms with Crippen LogP contribution >= 0.6 is 0 Å². The molecule has 0 unspecified atom stereocenters. The Hall–Kier alpha value is -1.22. The summed E-state index contributed by atoms with van der Waals surface area (Å²) in [4.78, 5) is 20.5. The normalized spacial score (nSPS) is 17.3. The van der Waals surface area contributed by atoms with Gasteiger partial charge in [0.2, 0.25) is 0 Å². The average Bonchev–Trinajstić information content (AvgIpc) is 1.88. The quantitative estimate of drug-likeness (QED) is 0.443. The molecule has 1 heterocycles. The summed E-state index contributed by atoms with van der Waals surface area (Å²) in [6, 6.07) is 0. The van der Waals surface area contributed by atoms with Crippen LogP contribution in [-0.4, -0.2) is 12.2 Å². The van der Waals surface area contributed by atoms with Gasteiger partial charge < -0.3 is 0 Å². The fourth-order valence-corrected chi connectivity index (χ4v) is 0.588. The molecule has 0 aliphatic carbocycles. The van der Waals surface area contributed by atoms with Gasteiger partial charge in [-0.3, -0.25) is 10.1 Å². The van der Waals surface area contributed by atoms with Crippen LogP contribution in [0, 0.1) is 0 Å². The lowest BCUT2D eigenvalue weighted by Gasteiger charge is -1.93. The first kappa shape index (κ1) is 5.91. The van der Waals surface area contributed by atoms with Crippen molar-refractivity contribution >= 4 is 12.2 Å². The van der Waals surface area contributed by atoms with Crippen LogP contribution in [0.4, 0.5) is 0 Å². The predicted molar refractivity (Wildman–Crippen MR) is 30.2 cm³/mol. The number of primary amides is 1. The maximum Gasteiger partial charge on any atom is 0.340 e. The zero-order valence-electron chi connectivity index (χ0n) is 4.70. The molecule has 0 bridgehead atoms. The van der Waals surface area contributed by atoms with Crippen LogP contribution in [0.5, 0.6) is 0 Å². The number of allylic oxidation sites excluding steroid dienone is 2. The van der Waals surface area contributed by atoms with Crippen LogP contribution in [0.2, 0.25) is 0 Å². The van der Waals surface area contributed by atoms with Crippen molar-refractivity contribution in [3.8, 4) is 0 Å². The minimum atomic E-state index is -0.125. The fourth-order valence-electron chi connectivity index (χ4n) is 0.588. The summed E-state index contributed by atoms with van der Waals surface area (Å²) in [5, 5.41) is 1.41. The summed E-state index contributed by atoms with van der Waals surface area (Å²) in [6.07, 6.45) is 5.11. The summed E-state index contributed by atoms with van der Waals surface area (Å²) in [7, 11) is 0. The number of carbonyl (C=O) groups excluding carboxylic acids is 2. The summed E-state index contributed by atoms with van der Waals surface area (Å²) in [5.74, 6) is -0.125. The van der Waals surface area contributed by atoms with E-state index in [4.69, 9.17) is 0 Å². The van der Waals surface area contributed by atoms with Crippen molar-refractivity contribution in [2.45, 2.75) is 0 Å². The van der Waals surface area contributed by atoms with Gasteiger partial charge in [0.05, 0.1) is 6.08 Å². The lowest BCUT2D eigenvalue weighted by Crippen LogP contribution is -2.82. The fraction of sp³-hybridized carbons (Fsp3) is 0. The number of carbonyl (C=O) groups is 2. The first-order chi connectivity index (χ1) is 4.33. The van der Waals surface area contributed by atoms with E-state index in [1.165, 1.54) is 11.4 Å². The highest BCUT2D eigenvalue weighted by Gasteiger charge is 2.05. The molecule has 0 fully saturated rings. The molecule has 3 heteroatoms. The van der Waals surface area contributed by atoms with Crippen molar-refractivity contribution < 1.29 is 14.9 Å². The molecule has 0 radical (unpaired) electrons. The Morgan fingerprint density at radius 3 is 2.78 bits per heavy atom. The summed E-state index contributed by atoms with van der Waals surface area (Å²) >= 11 is 0. The Bertz CT molecular complexity index is 203. The number of hydrogen-bond donors (Lipinski definition) is 1. The first-order valence-electron chi connectivity index (χ1n) is 2.55. The van der Waals surface area contributed by atoms with Gasteiger partial charge in [0, 0.05) is 11.6 Å². The van der Waals surface area contributed by atoms with Gasteiger partial charge in [0.25, 0.3) is 0 Å². The monoisotopic (exact) mass is 124 g/mol. The van der Waals surface area contributed by atoms with Gasteiger partial charge in [0.1, 0.15) is 6.20 Å². The number of quaternary nitrogens is 1. The van der Waals surface area contributed by atoms with Crippen LogP contribution in [0.15, 0.2) is 23.9 Å². The molecule has 0 saturated carbocycles. The number of aldehydes is 1. The lowest BCUT2D eigenvalue weighted by atomic mass is 10.2. The number of hydrogen-bond acceptors (Lipinski definition) is 2. The van der Waals surface area contributed by atoms with Crippen molar-refractivity contribution in [3.63, 3.8) is 0 Å². The molecule has 0 aromatic rings. The van der Waals surface area contributed by atoms with Gasteiger partial charge in [-0.15, -0.1) is 0 Å². The van der Waals surface area contributed by atoms with E-state index in [1.807, 2.05) is 0 Å². The molecule has 1 aliphatic heterocycles. The Morgan fingerprint density at radius 2 is 2.33 bits per heavy atom. The zero-order valence-corrected chi connectivity index (χ0v) is 4.70. The largest absolute Gasteiger partial charge is 0.340 e. The summed E-state index contributed by atoms with van der Waals surface area (Å²) in [5.41, 5.74) is 0.433. The van der Waals surface area contributed by atoms with Gasteiger partial charge >= 0.3 is 5.91 Å². The van der Waals surface area contributed by atoms with Gasteiger partial charge in [0.15, 0.2) is 6.29 Å². The average molecular weight is 124 g/mol. The molecule has 2 N–H and O–H groups in total. The maximum atomic E-state index is 10.5. The molecule has 46 valence electrons. The van der Waals surface area contributed by atoms with Gasteiger partial charge in [-0.2, -0.15) is 0 Å². The summed E-state index contributed by atoms with van der Waals surface area (Å²) in [6.45, 7) is 0. The molecule has 1 amide bonds. The van der Waals surface area contributed by atoms with E-state index in [-0.39, 0.29) is 5.91 Å². The molecule has 0 spiro atoms. The van der Waals surface area contributed by atoms with Crippen molar-refractivity contribution in [1.82, 2.24) is 0 Å². The Balaban J connectivity index is 2.82. The topological polar surface area (TPSA) is 50.8 Å². The Kier molecular flexibility index (Phi) is 1.55. The zero-order chi connectivity index (χ0) is 6.69. The van der Waals surface area contributed by atoms with E-state index >= 15 is 0 Å². The molecule has 0 atom stereocenters.